The molecule has 0 fully saturated rings. The first-order valence-electron chi connectivity index (χ1n) is 16.2. The van der Waals surface area contributed by atoms with Gasteiger partial charge in [0.2, 0.25) is 0 Å². The van der Waals surface area contributed by atoms with Crippen molar-refractivity contribution < 1.29 is 39.3 Å². The second-order valence-corrected chi connectivity index (χ2v) is 18.6. The molecule has 274 valence electrons. The number of thiocyanates is 2. The Morgan fingerprint density at radius 3 is 1.08 bits per heavy atom. The van der Waals surface area contributed by atoms with Crippen LogP contribution in [0.3, 0.4) is 0 Å². The van der Waals surface area contributed by atoms with Crippen molar-refractivity contribution >= 4 is 48.3 Å². The summed E-state index contributed by atoms with van der Waals surface area (Å²) in [7, 11) is -3.60. The van der Waals surface area contributed by atoms with Crippen LogP contribution in [-0.2, 0) is 39.3 Å². The second-order valence-electron chi connectivity index (χ2n) is 9.39. The summed E-state index contributed by atoms with van der Waals surface area (Å²) in [6.07, 6.45) is 7.06. The van der Waals surface area contributed by atoms with Crippen LogP contribution in [0.15, 0.2) is 85.5 Å². The molecule has 0 saturated carbocycles. The van der Waals surface area contributed by atoms with Crippen LogP contribution in [0.2, 0.25) is 0 Å². The second kappa shape index (κ2) is 25.9. The van der Waals surface area contributed by atoms with Gasteiger partial charge in [-0.3, -0.25) is 19.9 Å². The summed E-state index contributed by atoms with van der Waals surface area (Å²) >= 11 is 0.549. The minimum absolute atomic E-state index is 0.536. The number of pyridine rings is 4. The normalized spacial score (nSPS) is 11.0. The molecule has 4 rings (SSSR count). The molecule has 12 nitrogen and oxygen atoms in total. The molecule has 17 heteroatoms. The van der Waals surface area contributed by atoms with Crippen molar-refractivity contribution in [2.24, 2.45) is 0 Å². The van der Waals surface area contributed by atoms with Crippen LogP contribution in [0.4, 0.5) is 0 Å². The quantitative estimate of drug-likeness (QED) is 0.0644. The number of rotatable bonds is 18. The summed E-state index contributed by atoms with van der Waals surface area (Å²) in [5.41, 5.74) is 3.31. The Balaban J connectivity index is 0.000000299. The third kappa shape index (κ3) is 14.5. The summed E-state index contributed by atoms with van der Waals surface area (Å²) in [6.45, 7) is 14.9. The zero-order valence-corrected chi connectivity index (χ0v) is 34.4. The van der Waals surface area contributed by atoms with E-state index >= 15 is 0 Å². The molecule has 0 aliphatic heterocycles. The fourth-order valence-corrected chi connectivity index (χ4v) is 10.7. The van der Waals surface area contributed by atoms with E-state index in [4.69, 9.17) is 37.1 Å². The number of aromatic nitrogens is 4. The van der Waals surface area contributed by atoms with Crippen LogP contribution < -0.4 is 10.4 Å². The molecule has 0 atom stereocenters. The average molecular weight is 809 g/mol. The van der Waals surface area contributed by atoms with E-state index in [9.17, 15) is 0 Å². The molecule has 0 saturated heterocycles. The van der Waals surface area contributed by atoms with E-state index in [0.29, 0.717) is 52.4 Å². The molecular formula is C34H44FeN6O6S2Si2. The number of nitriles is 2. The molecule has 0 amide bonds. The molecule has 4 heterocycles. The first-order chi connectivity index (χ1) is 24.9. The summed E-state index contributed by atoms with van der Waals surface area (Å²) < 4.78 is 35.3. The van der Waals surface area contributed by atoms with Gasteiger partial charge >= 0.3 is 72.0 Å². The predicted molar refractivity (Wildman–Crippen MR) is 202 cm³/mol. The number of nitrogens with zero attached hydrogens (tertiary/aromatic N) is 6. The first kappa shape index (κ1) is 44.2. The van der Waals surface area contributed by atoms with Gasteiger partial charge in [0.1, 0.15) is 0 Å². The summed E-state index contributed by atoms with van der Waals surface area (Å²) in [6, 6.07) is 19.3. The average Bonchev–Trinajstić information content (AvgIpc) is 3.17. The minimum atomic E-state index is -2.88. The molecule has 4 aromatic heterocycles. The van der Waals surface area contributed by atoms with Gasteiger partial charge in [-0.1, -0.05) is 24.3 Å². The van der Waals surface area contributed by atoms with Gasteiger partial charge in [0, 0.05) is 74.8 Å². The standard InChI is InChI=1S/2C16H22N2O3Si.2CHNS.Fe/c2*1-4-19-22(20-5-2,21-6-3)14-10-11-16(18-13-14)15-9-7-8-12-17-15;2*2-1-3;/h2*7-13H,4-6H2,1-3H3;2*3H;/q;;;;+2/p-2. The molecule has 0 unspecified atom stereocenters. The Morgan fingerprint density at radius 1 is 0.510 bits per heavy atom. The molecule has 0 aliphatic rings. The van der Waals surface area contributed by atoms with Crippen molar-refractivity contribution in [2.75, 3.05) is 39.6 Å². The molecule has 0 spiro atoms. The maximum absolute atomic E-state index is 7.88. The third-order valence-electron chi connectivity index (χ3n) is 6.22. The van der Waals surface area contributed by atoms with Crippen LogP contribution in [0, 0.1) is 21.3 Å². The molecular weight excluding hydrogens is 765 g/mol. The van der Waals surface area contributed by atoms with E-state index in [-0.39, 0.29) is 0 Å². The van der Waals surface area contributed by atoms with Gasteiger partial charge in [0.05, 0.1) is 22.8 Å². The molecule has 0 aromatic carbocycles. The van der Waals surface area contributed by atoms with E-state index in [0.717, 1.165) is 53.5 Å². The third-order valence-corrected chi connectivity index (χ3v) is 15.1. The predicted octanol–water partition coefficient (Wildman–Crippen LogP) is 6.13. The van der Waals surface area contributed by atoms with E-state index < -0.39 is 17.6 Å². The fourth-order valence-electron chi connectivity index (χ4n) is 4.41. The molecule has 0 aliphatic carbocycles. The van der Waals surface area contributed by atoms with Gasteiger partial charge in [-0.25, -0.2) is 0 Å². The monoisotopic (exact) mass is 808 g/mol. The molecule has 0 bridgehead atoms. The van der Waals surface area contributed by atoms with Gasteiger partial charge in [-0.2, -0.15) is 0 Å². The molecule has 51 heavy (non-hydrogen) atoms. The Kier molecular flexibility index (Phi) is 22.4. The van der Waals surface area contributed by atoms with Crippen molar-refractivity contribution in [2.45, 2.75) is 41.5 Å². The van der Waals surface area contributed by atoms with Gasteiger partial charge in [-0.15, -0.1) is 0 Å². The van der Waals surface area contributed by atoms with E-state index in [1.54, 1.807) is 24.8 Å². The number of hydrogen-bond donors (Lipinski definition) is 0. The van der Waals surface area contributed by atoms with Crippen molar-refractivity contribution in [1.82, 2.24) is 19.9 Å². The van der Waals surface area contributed by atoms with Gasteiger partial charge in [0.25, 0.3) is 0 Å². The van der Waals surface area contributed by atoms with E-state index in [2.05, 4.69) is 19.9 Å². The van der Waals surface area contributed by atoms with Crippen molar-refractivity contribution in [3.05, 3.63) is 85.5 Å². The molecule has 0 N–H and O–H groups in total. The van der Waals surface area contributed by atoms with Crippen molar-refractivity contribution in [1.29, 1.82) is 10.5 Å². The SMILES string of the molecule is CCO[Si](OCC)(OCC)c1ccc(-c2ccccn2)nc1.CCO[Si](OCC)(OCC)c1ccc(-c2ccccn2)nc1.N#C[S][Fe][S]C#N. The summed E-state index contributed by atoms with van der Waals surface area (Å²) in [4.78, 5) is 17.6. The summed E-state index contributed by atoms with van der Waals surface area (Å²) in [5.74, 6) is 0. The van der Waals surface area contributed by atoms with Gasteiger partial charge in [-0.05, 0) is 77.9 Å². The topological polar surface area (TPSA) is 155 Å². The first-order valence-corrected chi connectivity index (χ1v) is 23.8. The van der Waals surface area contributed by atoms with Crippen LogP contribution in [0.25, 0.3) is 22.8 Å². The van der Waals surface area contributed by atoms with Gasteiger partial charge < -0.3 is 26.6 Å². The summed E-state index contributed by atoms with van der Waals surface area (Å²) in [5, 5.41) is 21.2. The Labute approximate surface area is 316 Å². The Morgan fingerprint density at radius 2 is 0.843 bits per heavy atom. The Hall–Kier alpha value is -3.01. The fraction of sp³-hybridized carbons (Fsp3) is 0.353. The van der Waals surface area contributed by atoms with E-state index in [1.165, 1.54) is 0 Å². The maximum atomic E-state index is 7.88. The van der Waals surface area contributed by atoms with Crippen LogP contribution >= 0.6 is 20.4 Å². The van der Waals surface area contributed by atoms with Crippen LogP contribution in [0.1, 0.15) is 41.5 Å². The molecule has 0 radical (unpaired) electrons. The van der Waals surface area contributed by atoms with Crippen LogP contribution in [0.5, 0.6) is 0 Å². The van der Waals surface area contributed by atoms with E-state index in [1.807, 2.05) is 113 Å². The van der Waals surface area contributed by atoms with Crippen molar-refractivity contribution in [3.8, 4) is 33.6 Å². The number of hydrogen-bond acceptors (Lipinski definition) is 14. The molecule has 4 aromatic rings. The van der Waals surface area contributed by atoms with Gasteiger partial charge in [0.15, 0.2) is 0 Å². The van der Waals surface area contributed by atoms with Crippen molar-refractivity contribution in [3.63, 3.8) is 0 Å². The zero-order chi connectivity index (χ0) is 37.2. The Bertz CT molecular complexity index is 1440. The van der Waals surface area contributed by atoms with Crippen LogP contribution in [-0.4, -0.2) is 77.2 Å². The zero-order valence-electron chi connectivity index (χ0n) is 29.6.